The molecule has 2 rings (SSSR count). The minimum atomic E-state index is -0.203. The highest BCUT2D eigenvalue weighted by Crippen LogP contribution is 2.31. The lowest BCUT2D eigenvalue weighted by Gasteiger charge is -2.38. The van der Waals surface area contributed by atoms with E-state index in [0.717, 1.165) is 51.9 Å². The number of rotatable bonds is 4. The van der Waals surface area contributed by atoms with Gasteiger partial charge in [0.15, 0.2) is 0 Å². The summed E-state index contributed by atoms with van der Waals surface area (Å²) in [5.74, 6) is 0.193. The van der Waals surface area contributed by atoms with Gasteiger partial charge in [0.2, 0.25) is 5.91 Å². The smallest absolute Gasteiger partial charge is 0.241 e. The zero-order chi connectivity index (χ0) is 12.8. The van der Waals surface area contributed by atoms with E-state index < -0.39 is 0 Å². The summed E-state index contributed by atoms with van der Waals surface area (Å²) in [7, 11) is 0. The van der Waals surface area contributed by atoms with Gasteiger partial charge in [0.1, 0.15) is 0 Å². The number of carbonyl (C=O) groups excluding carboxylic acids is 1. The van der Waals surface area contributed by atoms with Crippen LogP contribution >= 0.6 is 0 Å². The Labute approximate surface area is 109 Å². The summed E-state index contributed by atoms with van der Waals surface area (Å²) in [6.45, 7) is 7.01. The molecule has 0 aromatic heterocycles. The van der Waals surface area contributed by atoms with Gasteiger partial charge in [-0.25, -0.2) is 5.01 Å². The summed E-state index contributed by atoms with van der Waals surface area (Å²) in [4.78, 5) is 12.5. The lowest BCUT2D eigenvalue weighted by atomic mass is 9.76. The monoisotopic (exact) mass is 255 g/mol. The Hall–Kier alpha value is -0.650. The van der Waals surface area contributed by atoms with E-state index in [1.54, 1.807) is 0 Å². The Morgan fingerprint density at radius 3 is 2.83 bits per heavy atom. The van der Waals surface area contributed by atoms with Crippen molar-refractivity contribution >= 4 is 5.91 Å². The predicted octanol–water partition coefficient (Wildman–Crippen LogP) is 0.520. The molecule has 2 saturated heterocycles. The van der Waals surface area contributed by atoms with Crippen LogP contribution in [0.2, 0.25) is 0 Å². The number of carbonyl (C=O) groups is 1. The highest BCUT2D eigenvalue weighted by atomic mass is 16.5. The van der Waals surface area contributed by atoms with E-state index in [1.165, 1.54) is 0 Å². The molecule has 0 aromatic rings. The van der Waals surface area contributed by atoms with E-state index in [2.05, 4.69) is 17.7 Å². The van der Waals surface area contributed by atoms with Gasteiger partial charge in [-0.1, -0.05) is 13.3 Å². The van der Waals surface area contributed by atoms with Gasteiger partial charge in [0.25, 0.3) is 0 Å². The number of morpholine rings is 1. The number of piperidine rings is 1. The topological polar surface area (TPSA) is 53.6 Å². The third-order valence-corrected chi connectivity index (χ3v) is 3.95. The first kappa shape index (κ1) is 13.8. The molecular weight excluding hydrogens is 230 g/mol. The van der Waals surface area contributed by atoms with Crippen molar-refractivity contribution in [3.63, 3.8) is 0 Å². The van der Waals surface area contributed by atoms with Gasteiger partial charge >= 0.3 is 0 Å². The average molecular weight is 255 g/mol. The number of hydrazine groups is 1. The Morgan fingerprint density at radius 1 is 1.44 bits per heavy atom. The zero-order valence-electron chi connectivity index (χ0n) is 11.3. The number of ether oxygens (including phenoxy) is 1. The van der Waals surface area contributed by atoms with Gasteiger partial charge in [-0.15, -0.1) is 0 Å². The molecule has 1 unspecified atom stereocenters. The fourth-order valence-corrected chi connectivity index (χ4v) is 2.90. The Morgan fingerprint density at radius 2 is 2.22 bits per heavy atom. The van der Waals surface area contributed by atoms with Crippen LogP contribution in [0.3, 0.4) is 0 Å². The molecule has 0 saturated carbocycles. The second-order valence-electron chi connectivity index (χ2n) is 5.35. The molecule has 18 heavy (non-hydrogen) atoms. The van der Waals surface area contributed by atoms with Gasteiger partial charge in [-0.2, -0.15) is 0 Å². The van der Waals surface area contributed by atoms with Crippen LogP contribution in [-0.2, 0) is 9.53 Å². The van der Waals surface area contributed by atoms with Gasteiger partial charge in [0, 0.05) is 19.6 Å². The molecule has 0 radical (unpaired) electrons. The van der Waals surface area contributed by atoms with Crippen LogP contribution in [0.15, 0.2) is 0 Å². The van der Waals surface area contributed by atoms with Crippen molar-refractivity contribution in [1.29, 1.82) is 0 Å². The van der Waals surface area contributed by atoms with E-state index in [0.29, 0.717) is 13.2 Å². The molecule has 0 aliphatic carbocycles. The molecule has 0 aromatic carbocycles. The molecule has 2 heterocycles. The minimum absolute atomic E-state index is 0.193. The SMILES string of the molecule is CCCC1(C(=O)NN2CCOCC2)CCCNC1. The molecule has 2 aliphatic rings. The number of hydrogen-bond donors (Lipinski definition) is 2. The Bertz CT molecular complexity index is 266. The predicted molar refractivity (Wildman–Crippen MR) is 70.0 cm³/mol. The third-order valence-electron chi connectivity index (χ3n) is 3.95. The number of nitrogens with zero attached hydrogens (tertiary/aromatic N) is 1. The molecule has 104 valence electrons. The molecule has 1 amide bonds. The van der Waals surface area contributed by atoms with E-state index in [1.807, 2.05) is 5.01 Å². The summed E-state index contributed by atoms with van der Waals surface area (Å²) in [5.41, 5.74) is 2.89. The largest absolute Gasteiger partial charge is 0.379 e. The molecule has 1 atom stereocenters. The van der Waals surface area contributed by atoms with Crippen LogP contribution in [0.25, 0.3) is 0 Å². The first-order valence-electron chi connectivity index (χ1n) is 7.11. The highest BCUT2D eigenvalue weighted by Gasteiger charge is 2.39. The van der Waals surface area contributed by atoms with Crippen LogP contribution in [0, 0.1) is 5.41 Å². The highest BCUT2D eigenvalue weighted by molar-refractivity contribution is 5.82. The summed E-state index contributed by atoms with van der Waals surface area (Å²) >= 11 is 0. The summed E-state index contributed by atoms with van der Waals surface area (Å²) in [6, 6.07) is 0. The van der Waals surface area contributed by atoms with Crippen LogP contribution in [0.4, 0.5) is 0 Å². The van der Waals surface area contributed by atoms with Crippen LogP contribution in [-0.4, -0.2) is 50.3 Å². The van der Waals surface area contributed by atoms with Crippen molar-refractivity contribution in [2.45, 2.75) is 32.6 Å². The maximum atomic E-state index is 12.5. The van der Waals surface area contributed by atoms with E-state index in [9.17, 15) is 4.79 Å². The van der Waals surface area contributed by atoms with Gasteiger partial charge < -0.3 is 10.1 Å². The number of amides is 1. The second kappa shape index (κ2) is 6.50. The van der Waals surface area contributed by atoms with Crippen molar-refractivity contribution in [3.8, 4) is 0 Å². The van der Waals surface area contributed by atoms with Crippen LogP contribution in [0.1, 0.15) is 32.6 Å². The molecule has 2 fully saturated rings. The summed E-state index contributed by atoms with van der Waals surface area (Å²) in [6.07, 6.45) is 4.12. The van der Waals surface area contributed by atoms with Crippen molar-refractivity contribution in [2.24, 2.45) is 5.41 Å². The van der Waals surface area contributed by atoms with Gasteiger partial charge in [-0.05, 0) is 25.8 Å². The Kier molecular flexibility index (Phi) is 4.97. The molecule has 0 bridgehead atoms. The molecule has 2 N–H and O–H groups in total. The van der Waals surface area contributed by atoms with Crippen molar-refractivity contribution < 1.29 is 9.53 Å². The molecule has 2 aliphatic heterocycles. The normalized spacial score (nSPS) is 30.1. The van der Waals surface area contributed by atoms with E-state index >= 15 is 0 Å². The van der Waals surface area contributed by atoms with Gasteiger partial charge in [0.05, 0.1) is 18.6 Å². The zero-order valence-corrected chi connectivity index (χ0v) is 11.3. The maximum absolute atomic E-state index is 12.5. The molecular formula is C13H25N3O2. The van der Waals surface area contributed by atoms with Crippen LogP contribution in [0.5, 0.6) is 0 Å². The second-order valence-corrected chi connectivity index (χ2v) is 5.35. The minimum Gasteiger partial charge on any atom is -0.379 e. The van der Waals surface area contributed by atoms with Gasteiger partial charge in [-0.3, -0.25) is 10.2 Å². The lowest BCUT2D eigenvalue weighted by Crippen LogP contribution is -2.56. The standard InChI is InChI=1S/C13H25N3O2/c1-2-4-13(5-3-6-14-11-13)12(17)15-16-7-9-18-10-8-16/h14H,2-11H2,1H3,(H,15,17). The fraction of sp³-hybridized carbons (Fsp3) is 0.923. The molecule has 5 heteroatoms. The van der Waals surface area contributed by atoms with Crippen molar-refractivity contribution in [2.75, 3.05) is 39.4 Å². The molecule has 0 spiro atoms. The summed E-state index contributed by atoms with van der Waals surface area (Å²) < 4.78 is 5.29. The third kappa shape index (κ3) is 3.22. The lowest BCUT2D eigenvalue weighted by molar-refractivity contribution is -0.140. The average Bonchev–Trinajstić information content (AvgIpc) is 2.41. The van der Waals surface area contributed by atoms with Crippen molar-refractivity contribution in [3.05, 3.63) is 0 Å². The fourth-order valence-electron chi connectivity index (χ4n) is 2.90. The first-order chi connectivity index (χ1) is 8.77. The first-order valence-corrected chi connectivity index (χ1v) is 7.11. The van der Waals surface area contributed by atoms with Crippen molar-refractivity contribution in [1.82, 2.24) is 15.8 Å². The maximum Gasteiger partial charge on any atom is 0.241 e. The molecule has 5 nitrogen and oxygen atoms in total. The number of nitrogens with one attached hydrogen (secondary N) is 2. The number of hydrogen-bond acceptors (Lipinski definition) is 4. The van der Waals surface area contributed by atoms with E-state index in [-0.39, 0.29) is 11.3 Å². The van der Waals surface area contributed by atoms with Crippen LogP contribution < -0.4 is 10.7 Å². The summed E-state index contributed by atoms with van der Waals surface area (Å²) in [5, 5.41) is 5.37. The quantitative estimate of drug-likeness (QED) is 0.769. The Balaban J connectivity index is 1.94. The van der Waals surface area contributed by atoms with E-state index in [4.69, 9.17) is 4.74 Å².